The fraction of sp³-hybridized carbons (Fsp3) is 0.400. The molecule has 1 fully saturated rings. The summed E-state index contributed by atoms with van der Waals surface area (Å²) in [5, 5.41) is 2.78. The number of carbonyl (C=O) groups is 1. The number of anilines is 1. The molecule has 1 N–H and O–H groups in total. The lowest BCUT2D eigenvalue weighted by molar-refractivity contribution is -0.116. The van der Waals surface area contributed by atoms with Crippen molar-refractivity contribution in [2.75, 3.05) is 11.9 Å². The first-order valence-corrected chi connectivity index (χ1v) is 11.0. The van der Waals surface area contributed by atoms with E-state index in [4.69, 9.17) is 0 Å². The van der Waals surface area contributed by atoms with Crippen LogP contribution >= 0.6 is 0 Å². The Kier molecular flexibility index (Phi) is 3.96. The van der Waals surface area contributed by atoms with Gasteiger partial charge in [-0.15, -0.1) is 0 Å². The minimum Gasteiger partial charge on any atom is -0.326 e. The Balaban J connectivity index is 1.46. The number of sulfonamides is 1. The van der Waals surface area contributed by atoms with Gasteiger partial charge in [0, 0.05) is 43.5 Å². The lowest BCUT2D eigenvalue weighted by Crippen LogP contribution is -2.37. The number of rotatable bonds is 3. The number of aryl methyl sites for hydroxylation is 1. The third-order valence-electron chi connectivity index (χ3n) is 5.79. The number of benzene rings is 1. The molecule has 1 aromatic heterocycles. The van der Waals surface area contributed by atoms with Crippen LogP contribution in [0, 0.1) is 0 Å². The first-order chi connectivity index (χ1) is 13.4. The first-order valence-electron chi connectivity index (χ1n) is 9.59. The third-order valence-corrected chi connectivity index (χ3v) is 7.63. The monoisotopic (exact) mass is 399 g/mol. The number of amides is 1. The minimum atomic E-state index is -3.65. The van der Waals surface area contributed by atoms with Crippen molar-refractivity contribution in [3.8, 4) is 0 Å². The maximum Gasteiger partial charge on any atom is 0.251 e. The van der Waals surface area contributed by atoms with Crippen LogP contribution in [0.2, 0.25) is 0 Å². The van der Waals surface area contributed by atoms with Crippen molar-refractivity contribution in [1.29, 1.82) is 0 Å². The Morgan fingerprint density at radius 2 is 1.79 bits per heavy atom. The highest BCUT2D eigenvalue weighted by atomic mass is 32.2. The summed E-state index contributed by atoms with van der Waals surface area (Å²) in [6.07, 6.45) is 5.31. The fourth-order valence-corrected chi connectivity index (χ4v) is 5.50. The molecule has 1 saturated carbocycles. The quantitative estimate of drug-likeness (QED) is 0.853. The standard InChI is InChI=1S/C20H21N3O4S/c24-19-6-1-14-9-17(4-5-18(14)21-19)28(26,27)22-8-7-13-10-20(25)23(16-2-3-16)12-15(13)11-22/h4-5,9-10,12,16H,1-3,6-8,11H2,(H,21,24). The van der Waals surface area contributed by atoms with Gasteiger partial charge in [0.25, 0.3) is 5.56 Å². The first kappa shape index (κ1) is 17.6. The molecule has 1 aromatic carbocycles. The summed E-state index contributed by atoms with van der Waals surface area (Å²) in [5.41, 5.74) is 3.40. The lowest BCUT2D eigenvalue weighted by Gasteiger charge is -2.29. The van der Waals surface area contributed by atoms with Gasteiger partial charge in [-0.2, -0.15) is 4.31 Å². The number of fused-ring (bicyclic) bond motifs is 2. The molecule has 5 rings (SSSR count). The number of nitrogens with zero attached hydrogens (tertiary/aromatic N) is 2. The van der Waals surface area contributed by atoms with Gasteiger partial charge in [0.2, 0.25) is 15.9 Å². The van der Waals surface area contributed by atoms with Crippen molar-refractivity contribution in [2.24, 2.45) is 0 Å². The highest BCUT2D eigenvalue weighted by Crippen LogP contribution is 2.35. The van der Waals surface area contributed by atoms with Crippen LogP contribution in [0.25, 0.3) is 0 Å². The second-order valence-electron chi connectivity index (χ2n) is 7.76. The molecule has 0 unspecified atom stereocenters. The van der Waals surface area contributed by atoms with Crippen molar-refractivity contribution in [3.63, 3.8) is 0 Å². The summed E-state index contributed by atoms with van der Waals surface area (Å²) in [6, 6.07) is 6.83. The summed E-state index contributed by atoms with van der Waals surface area (Å²) < 4.78 is 29.7. The summed E-state index contributed by atoms with van der Waals surface area (Å²) in [4.78, 5) is 24.0. The molecule has 0 bridgehead atoms. The molecule has 1 aliphatic carbocycles. The van der Waals surface area contributed by atoms with E-state index in [9.17, 15) is 18.0 Å². The molecule has 1 amide bonds. The molecule has 2 aromatic rings. The van der Waals surface area contributed by atoms with E-state index in [1.807, 2.05) is 6.20 Å². The Bertz CT molecular complexity index is 1150. The Morgan fingerprint density at radius 3 is 2.57 bits per heavy atom. The van der Waals surface area contributed by atoms with E-state index in [0.29, 0.717) is 31.5 Å². The average molecular weight is 399 g/mol. The van der Waals surface area contributed by atoms with E-state index in [2.05, 4.69) is 5.32 Å². The number of nitrogens with one attached hydrogen (secondary N) is 1. The Labute approximate surface area is 163 Å². The van der Waals surface area contributed by atoms with Crippen molar-refractivity contribution < 1.29 is 13.2 Å². The zero-order valence-corrected chi connectivity index (χ0v) is 16.2. The summed E-state index contributed by atoms with van der Waals surface area (Å²) in [5.74, 6) is -0.0440. The molecule has 3 heterocycles. The van der Waals surface area contributed by atoms with Gasteiger partial charge in [-0.3, -0.25) is 9.59 Å². The second-order valence-corrected chi connectivity index (χ2v) is 9.69. The van der Waals surface area contributed by atoms with E-state index in [1.165, 1.54) is 4.31 Å². The summed E-state index contributed by atoms with van der Waals surface area (Å²) in [7, 11) is -3.65. The number of hydrogen-bond donors (Lipinski definition) is 1. The van der Waals surface area contributed by atoms with Crippen LogP contribution in [-0.2, 0) is 34.2 Å². The van der Waals surface area contributed by atoms with Gasteiger partial charge in [0.15, 0.2) is 0 Å². The second kappa shape index (κ2) is 6.28. The molecule has 8 heteroatoms. The van der Waals surface area contributed by atoms with Crippen LogP contribution in [-0.4, -0.2) is 29.7 Å². The van der Waals surface area contributed by atoms with Gasteiger partial charge in [-0.25, -0.2) is 8.42 Å². The van der Waals surface area contributed by atoms with Crippen LogP contribution in [0.1, 0.15) is 42.0 Å². The minimum absolute atomic E-state index is 0.00860. The van der Waals surface area contributed by atoms with Crippen LogP contribution in [0.3, 0.4) is 0 Å². The molecular formula is C20H21N3O4S. The van der Waals surface area contributed by atoms with Gasteiger partial charge < -0.3 is 9.88 Å². The molecule has 0 atom stereocenters. The molecule has 3 aliphatic rings. The van der Waals surface area contributed by atoms with E-state index in [0.717, 1.165) is 29.5 Å². The normalized spacial score (nSPS) is 19.6. The zero-order chi connectivity index (χ0) is 19.5. The van der Waals surface area contributed by atoms with Crippen molar-refractivity contribution in [3.05, 3.63) is 57.5 Å². The van der Waals surface area contributed by atoms with Gasteiger partial charge in [0.05, 0.1) is 4.90 Å². The fourth-order valence-electron chi connectivity index (χ4n) is 4.03. The van der Waals surface area contributed by atoms with E-state index >= 15 is 0 Å². The number of pyridine rings is 1. The van der Waals surface area contributed by atoms with Crippen molar-refractivity contribution in [2.45, 2.75) is 49.6 Å². The summed E-state index contributed by atoms with van der Waals surface area (Å²) in [6.45, 7) is 0.633. The highest BCUT2D eigenvalue weighted by Gasteiger charge is 2.31. The largest absolute Gasteiger partial charge is 0.326 e. The topological polar surface area (TPSA) is 88.5 Å². The van der Waals surface area contributed by atoms with E-state index < -0.39 is 10.0 Å². The van der Waals surface area contributed by atoms with Crippen LogP contribution < -0.4 is 10.9 Å². The molecular weight excluding hydrogens is 378 g/mol. The maximum absolute atomic E-state index is 13.2. The molecule has 2 aliphatic heterocycles. The predicted molar refractivity (Wildman–Crippen MR) is 104 cm³/mol. The number of carbonyl (C=O) groups excluding carboxylic acids is 1. The zero-order valence-electron chi connectivity index (χ0n) is 15.3. The Morgan fingerprint density at radius 1 is 0.964 bits per heavy atom. The number of hydrogen-bond acceptors (Lipinski definition) is 4. The van der Waals surface area contributed by atoms with E-state index in [1.54, 1.807) is 28.8 Å². The summed E-state index contributed by atoms with van der Waals surface area (Å²) >= 11 is 0. The molecule has 7 nitrogen and oxygen atoms in total. The molecule has 146 valence electrons. The SMILES string of the molecule is O=C1CCc2cc(S(=O)(=O)N3CCc4cc(=O)n(C5CC5)cc4C3)ccc2N1. The smallest absolute Gasteiger partial charge is 0.251 e. The van der Waals surface area contributed by atoms with Gasteiger partial charge >= 0.3 is 0 Å². The number of aromatic nitrogens is 1. The van der Waals surface area contributed by atoms with Crippen LogP contribution in [0.5, 0.6) is 0 Å². The van der Waals surface area contributed by atoms with Crippen molar-refractivity contribution in [1.82, 2.24) is 8.87 Å². The predicted octanol–water partition coefficient (Wildman–Crippen LogP) is 1.81. The molecule has 28 heavy (non-hydrogen) atoms. The van der Waals surface area contributed by atoms with E-state index in [-0.39, 0.29) is 28.9 Å². The van der Waals surface area contributed by atoms with Gasteiger partial charge in [-0.1, -0.05) is 0 Å². The molecule has 0 saturated heterocycles. The maximum atomic E-state index is 13.2. The van der Waals surface area contributed by atoms with Crippen LogP contribution in [0.4, 0.5) is 5.69 Å². The molecule has 0 spiro atoms. The third kappa shape index (κ3) is 2.97. The van der Waals surface area contributed by atoms with Gasteiger partial charge in [-0.05, 0) is 60.6 Å². The van der Waals surface area contributed by atoms with Crippen molar-refractivity contribution >= 4 is 21.6 Å². The highest BCUT2D eigenvalue weighted by molar-refractivity contribution is 7.89. The Hall–Kier alpha value is -2.45. The molecule has 0 radical (unpaired) electrons. The average Bonchev–Trinajstić information content (AvgIpc) is 3.51. The van der Waals surface area contributed by atoms with Crippen LogP contribution in [0.15, 0.2) is 40.2 Å². The van der Waals surface area contributed by atoms with Gasteiger partial charge in [0.1, 0.15) is 0 Å². The lowest BCUT2D eigenvalue weighted by atomic mass is 10.0.